The maximum Gasteiger partial charge on any atom is 0.411 e. The lowest BCUT2D eigenvalue weighted by Gasteiger charge is -2.08. The lowest BCUT2D eigenvalue weighted by atomic mass is 10.1. The normalized spacial score (nSPS) is 10.2. The largest absolute Gasteiger partial charge is 0.444 e. The minimum Gasteiger partial charge on any atom is -0.444 e. The summed E-state index contributed by atoms with van der Waals surface area (Å²) in [4.78, 5) is 22.8. The fourth-order valence-electron chi connectivity index (χ4n) is 2.11. The van der Waals surface area contributed by atoms with E-state index in [0.717, 1.165) is 11.1 Å². The summed E-state index contributed by atoms with van der Waals surface area (Å²) in [5, 5.41) is 9.00. The van der Waals surface area contributed by atoms with E-state index in [1.54, 1.807) is 30.3 Å². The van der Waals surface area contributed by atoms with Crippen LogP contribution in [0.1, 0.15) is 5.56 Å². The molecule has 0 fully saturated rings. The summed E-state index contributed by atoms with van der Waals surface area (Å²) in [6.07, 6.45) is -0.520. The first-order valence-electron chi connectivity index (χ1n) is 7.34. The minimum atomic E-state index is -0.520. The molecule has 3 rings (SSSR count). The number of nitrogens with zero attached hydrogens (tertiary/aromatic N) is 1. The first-order chi connectivity index (χ1) is 11.7. The van der Waals surface area contributed by atoms with Gasteiger partial charge in [0.2, 0.25) is 0 Å². The van der Waals surface area contributed by atoms with Crippen LogP contribution in [0.5, 0.6) is 0 Å². The quantitative estimate of drug-likeness (QED) is 0.773. The van der Waals surface area contributed by atoms with Crippen molar-refractivity contribution in [1.82, 2.24) is 10.2 Å². The van der Waals surface area contributed by atoms with Gasteiger partial charge in [-0.05, 0) is 23.8 Å². The maximum absolute atomic E-state index is 11.8. The fourth-order valence-corrected chi connectivity index (χ4v) is 2.11. The highest BCUT2D eigenvalue weighted by Crippen LogP contribution is 2.18. The molecule has 6 heteroatoms. The van der Waals surface area contributed by atoms with E-state index in [-0.39, 0.29) is 12.2 Å². The second-order valence-electron chi connectivity index (χ2n) is 5.07. The van der Waals surface area contributed by atoms with E-state index in [1.165, 1.54) is 6.07 Å². The highest BCUT2D eigenvalue weighted by Gasteiger charge is 2.05. The highest BCUT2D eigenvalue weighted by atomic mass is 16.5. The lowest BCUT2D eigenvalue weighted by Crippen LogP contribution is -2.13. The van der Waals surface area contributed by atoms with E-state index in [2.05, 4.69) is 15.5 Å². The third-order valence-electron chi connectivity index (χ3n) is 3.32. The van der Waals surface area contributed by atoms with Gasteiger partial charge >= 0.3 is 6.09 Å². The summed E-state index contributed by atoms with van der Waals surface area (Å²) >= 11 is 0. The Balaban J connectivity index is 1.58. The van der Waals surface area contributed by atoms with Crippen molar-refractivity contribution in [3.63, 3.8) is 0 Å². The van der Waals surface area contributed by atoms with Crippen molar-refractivity contribution in [3.05, 3.63) is 82.6 Å². The number of rotatable bonds is 4. The summed E-state index contributed by atoms with van der Waals surface area (Å²) < 4.78 is 5.16. The van der Waals surface area contributed by atoms with E-state index in [4.69, 9.17) is 4.74 Å². The molecule has 1 heterocycles. The molecule has 0 atom stereocenters. The molecule has 0 bridgehead atoms. The Labute approximate surface area is 138 Å². The number of aromatic amines is 1. The van der Waals surface area contributed by atoms with Gasteiger partial charge in [0.15, 0.2) is 0 Å². The van der Waals surface area contributed by atoms with Crippen LogP contribution in [-0.4, -0.2) is 16.3 Å². The minimum absolute atomic E-state index is 0.214. The van der Waals surface area contributed by atoms with Crippen LogP contribution in [0.2, 0.25) is 0 Å². The molecule has 0 unspecified atom stereocenters. The Bertz CT molecular complexity index is 854. The standard InChI is InChI=1S/C18H15N3O3/c22-17-11-10-16(20-21-17)14-6-8-15(9-7-14)19-18(23)24-12-13-4-2-1-3-5-13/h1-11H,12H2,(H,19,23)(H,21,22). The second kappa shape index (κ2) is 7.23. The Kier molecular flexibility index (Phi) is 4.67. The molecule has 1 aromatic heterocycles. The second-order valence-corrected chi connectivity index (χ2v) is 5.07. The van der Waals surface area contributed by atoms with Gasteiger partial charge in [-0.25, -0.2) is 9.89 Å². The van der Waals surface area contributed by atoms with Crippen molar-refractivity contribution < 1.29 is 9.53 Å². The Morgan fingerprint density at radius 3 is 2.42 bits per heavy atom. The third kappa shape index (κ3) is 4.07. The van der Waals surface area contributed by atoms with E-state index in [9.17, 15) is 9.59 Å². The SMILES string of the molecule is O=C(Nc1ccc(-c2ccc(=O)[nH]n2)cc1)OCc1ccccc1. The molecule has 0 spiro atoms. The van der Waals surface area contributed by atoms with Crippen LogP contribution in [0.3, 0.4) is 0 Å². The van der Waals surface area contributed by atoms with Gasteiger partial charge in [0, 0.05) is 17.3 Å². The molecule has 0 aliphatic rings. The number of ether oxygens (including phenoxy) is 1. The molecule has 6 nitrogen and oxygen atoms in total. The Hall–Kier alpha value is -3.41. The van der Waals surface area contributed by atoms with Crippen LogP contribution in [0.25, 0.3) is 11.3 Å². The van der Waals surface area contributed by atoms with Crippen molar-refractivity contribution in [3.8, 4) is 11.3 Å². The number of amides is 1. The molecule has 24 heavy (non-hydrogen) atoms. The van der Waals surface area contributed by atoms with Gasteiger partial charge in [-0.15, -0.1) is 0 Å². The first kappa shape index (κ1) is 15.5. The number of carbonyl (C=O) groups excluding carboxylic acids is 1. The van der Waals surface area contributed by atoms with Gasteiger partial charge < -0.3 is 4.74 Å². The number of H-pyrrole nitrogens is 1. The molecule has 0 saturated heterocycles. The number of carbonyl (C=O) groups is 1. The van der Waals surface area contributed by atoms with Gasteiger partial charge in [0.25, 0.3) is 5.56 Å². The van der Waals surface area contributed by atoms with Crippen molar-refractivity contribution in [2.45, 2.75) is 6.61 Å². The molecular weight excluding hydrogens is 306 g/mol. The van der Waals surface area contributed by atoms with Gasteiger partial charge in [0.05, 0.1) is 5.69 Å². The van der Waals surface area contributed by atoms with Crippen molar-refractivity contribution in [1.29, 1.82) is 0 Å². The molecule has 0 aliphatic carbocycles. The van der Waals surface area contributed by atoms with Crippen LogP contribution in [0.15, 0.2) is 71.5 Å². The Morgan fingerprint density at radius 2 is 1.75 bits per heavy atom. The average molecular weight is 321 g/mol. The average Bonchev–Trinajstić information content (AvgIpc) is 2.62. The molecule has 0 radical (unpaired) electrons. The topological polar surface area (TPSA) is 84.1 Å². The zero-order chi connectivity index (χ0) is 16.8. The maximum atomic E-state index is 11.8. The van der Waals surface area contributed by atoms with Crippen LogP contribution in [0, 0.1) is 0 Å². The number of nitrogens with one attached hydrogen (secondary N) is 2. The third-order valence-corrected chi connectivity index (χ3v) is 3.32. The van der Waals surface area contributed by atoms with Gasteiger partial charge in [0.1, 0.15) is 6.61 Å². The predicted octanol–water partition coefficient (Wildman–Crippen LogP) is 3.19. The number of aromatic nitrogens is 2. The predicted molar refractivity (Wildman–Crippen MR) is 90.5 cm³/mol. The van der Waals surface area contributed by atoms with E-state index >= 15 is 0 Å². The van der Waals surface area contributed by atoms with E-state index in [0.29, 0.717) is 11.4 Å². The van der Waals surface area contributed by atoms with Gasteiger partial charge in [-0.3, -0.25) is 10.1 Å². The van der Waals surface area contributed by atoms with Crippen LogP contribution in [0.4, 0.5) is 10.5 Å². The monoisotopic (exact) mass is 321 g/mol. The highest BCUT2D eigenvalue weighted by molar-refractivity contribution is 5.85. The number of hydrogen-bond donors (Lipinski definition) is 2. The smallest absolute Gasteiger partial charge is 0.411 e. The van der Waals surface area contributed by atoms with Crippen molar-refractivity contribution in [2.75, 3.05) is 5.32 Å². The summed E-state index contributed by atoms with van der Waals surface area (Å²) in [5.41, 5.74) is 2.76. The first-order valence-corrected chi connectivity index (χ1v) is 7.34. The van der Waals surface area contributed by atoms with Gasteiger partial charge in [-0.1, -0.05) is 42.5 Å². The molecule has 2 aromatic carbocycles. The molecule has 1 amide bonds. The number of benzene rings is 2. The Morgan fingerprint density at radius 1 is 1.00 bits per heavy atom. The molecule has 0 saturated carbocycles. The zero-order valence-corrected chi connectivity index (χ0v) is 12.7. The molecule has 120 valence electrons. The summed E-state index contributed by atoms with van der Waals surface area (Å²) in [7, 11) is 0. The summed E-state index contributed by atoms with van der Waals surface area (Å²) in [5.74, 6) is 0. The van der Waals surface area contributed by atoms with Crippen molar-refractivity contribution in [2.24, 2.45) is 0 Å². The van der Waals surface area contributed by atoms with E-state index in [1.807, 2.05) is 30.3 Å². The number of hydrogen-bond acceptors (Lipinski definition) is 4. The van der Waals surface area contributed by atoms with E-state index < -0.39 is 6.09 Å². The van der Waals surface area contributed by atoms with Gasteiger partial charge in [-0.2, -0.15) is 5.10 Å². The van der Waals surface area contributed by atoms with Crippen LogP contribution in [-0.2, 0) is 11.3 Å². The fraction of sp³-hybridized carbons (Fsp3) is 0.0556. The van der Waals surface area contributed by atoms with Crippen molar-refractivity contribution >= 4 is 11.8 Å². The lowest BCUT2D eigenvalue weighted by molar-refractivity contribution is 0.155. The zero-order valence-electron chi connectivity index (χ0n) is 12.7. The molecule has 3 aromatic rings. The van der Waals surface area contributed by atoms with Crippen LogP contribution >= 0.6 is 0 Å². The molecule has 2 N–H and O–H groups in total. The molecular formula is C18H15N3O3. The summed E-state index contributed by atoms with van der Waals surface area (Å²) in [6.45, 7) is 0.214. The molecule has 0 aliphatic heterocycles. The van der Waals surface area contributed by atoms with Crippen LogP contribution < -0.4 is 10.9 Å². The number of anilines is 1. The summed E-state index contributed by atoms with van der Waals surface area (Å²) in [6, 6.07) is 19.6.